The zero-order valence-electron chi connectivity index (χ0n) is 19.7. The predicted molar refractivity (Wildman–Crippen MR) is 127 cm³/mol. The number of aromatic nitrogens is 1. The fourth-order valence-corrected chi connectivity index (χ4v) is 6.22. The van der Waals surface area contributed by atoms with Crippen LogP contribution in [0.25, 0.3) is 11.1 Å². The zero-order chi connectivity index (χ0) is 25.2. The molecule has 4 aliphatic rings. The highest BCUT2D eigenvalue weighted by atomic mass is 16.6. The Morgan fingerprint density at radius 3 is 2.64 bits per heavy atom. The van der Waals surface area contributed by atoms with Crippen molar-refractivity contribution in [3.8, 4) is 17.2 Å². The van der Waals surface area contributed by atoms with Gasteiger partial charge in [0, 0.05) is 43.6 Å². The molecule has 1 aliphatic carbocycles. The summed E-state index contributed by atoms with van der Waals surface area (Å²) >= 11 is 0. The summed E-state index contributed by atoms with van der Waals surface area (Å²) in [7, 11) is 0. The van der Waals surface area contributed by atoms with Gasteiger partial charge in [0.2, 0.25) is 11.8 Å². The first-order valence-corrected chi connectivity index (χ1v) is 12.0. The van der Waals surface area contributed by atoms with Gasteiger partial charge in [-0.05, 0) is 35.7 Å². The van der Waals surface area contributed by atoms with Gasteiger partial charge in [-0.25, -0.2) is 4.79 Å². The number of cyclic esters (lactones) is 1. The Morgan fingerprint density at radius 2 is 2.00 bits per heavy atom. The number of carbonyl (C=O) groups is 3. The van der Waals surface area contributed by atoms with E-state index >= 15 is 0 Å². The molecular formula is C26H25N5O5. The molecule has 36 heavy (non-hydrogen) atoms. The number of likely N-dealkylation sites (tertiary alicyclic amines) is 1. The minimum Gasteiger partial charge on any atom is -0.442 e. The zero-order valence-corrected chi connectivity index (χ0v) is 19.7. The molecule has 1 aromatic heterocycles. The van der Waals surface area contributed by atoms with Crippen molar-refractivity contribution in [3.05, 3.63) is 47.8 Å². The summed E-state index contributed by atoms with van der Waals surface area (Å²) in [6, 6.07) is 12.0. The summed E-state index contributed by atoms with van der Waals surface area (Å²) in [5, 5.41) is 21.8. The van der Waals surface area contributed by atoms with E-state index in [0.717, 1.165) is 22.4 Å². The Balaban J connectivity index is 1.20. The van der Waals surface area contributed by atoms with Crippen LogP contribution in [0.3, 0.4) is 0 Å². The molecule has 3 fully saturated rings. The van der Waals surface area contributed by atoms with Gasteiger partial charge in [0.25, 0.3) is 0 Å². The van der Waals surface area contributed by atoms with Crippen LogP contribution in [0.5, 0.6) is 0 Å². The second-order valence-corrected chi connectivity index (χ2v) is 9.93. The Kier molecular flexibility index (Phi) is 5.02. The van der Waals surface area contributed by atoms with E-state index in [1.807, 2.05) is 24.3 Å². The largest absolute Gasteiger partial charge is 0.442 e. The number of nitrogens with one attached hydrogen (secondary N) is 1. The molecule has 6 rings (SSSR count). The molecule has 10 heteroatoms. The first-order valence-electron chi connectivity index (χ1n) is 12.0. The van der Waals surface area contributed by atoms with Gasteiger partial charge in [0.05, 0.1) is 30.0 Å². The Bertz CT molecular complexity index is 1310. The standard InChI is InChI=1S/C26H25N5O5/c1-14(33)28-9-22-21-7-17-6-15(2-4-20(17)31(21)25(35)36-22)16-3-5-23(29-8-16)26(13-27)18-10-30(11-19(18)26)24(34)12-32/h2-6,8,18-19,21-22,32H,7,9-12H2,1H3,(H,28,33)/t18?,19?,21-,22-,26?/m0/s1. The van der Waals surface area contributed by atoms with E-state index in [1.165, 1.54) is 6.92 Å². The second kappa shape index (κ2) is 8.03. The number of hydrogen-bond donors (Lipinski definition) is 2. The molecule has 2 saturated heterocycles. The number of benzene rings is 1. The lowest BCUT2D eigenvalue weighted by molar-refractivity contribution is -0.133. The van der Waals surface area contributed by atoms with E-state index in [0.29, 0.717) is 25.2 Å². The van der Waals surface area contributed by atoms with Crippen LogP contribution in [0.2, 0.25) is 0 Å². The lowest BCUT2D eigenvalue weighted by Crippen LogP contribution is -2.40. The Labute approximate surface area is 207 Å². The van der Waals surface area contributed by atoms with E-state index in [9.17, 15) is 19.6 Å². The number of nitrogens with zero attached hydrogens (tertiary/aromatic N) is 4. The molecule has 3 amide bonds. The summed E-state index contributed by atoms with van der Waals surface area (Å²) in [5.41, 5.74) is 3.75. The van der Waals surface area contributed by atoms with Gasteiger partial charge in [-0.1, -0.05) is 12.1 Å². The van der Waals surface area contributed by atoms with Crippen molar-refractivity contribution in [2.24, 2.45) is 11.8 Å². The van der Waals surface area contributed by atoms with E-state index in [4.69, 9.17) is 9.84 Å². The molecule has 3 aliphatic heterocycles. The number of pyridine rings is 1. The number of anilines is 1. The van der Waals surface area contributed by atoms with Crippen LogP contribution in [-0.2, 0) is 26.2 Å². The molecule has 1 saturated carbocycles. The highest BCUT2D eigenvalue weighted by Gasteiger charge is 2.71. The van der Waals surface area contributed by atoms with Gasteiger partial charge in [0.1, 0.15) is 18.1 Å². The number of rotatable bonds is 5. The van der Waals surface area contributed by atoms with Crippen molar-refractivity contribution in [2.45, 2.75) is 30.9 Å². The lowest BCUT2D eigenvalue weighted by atomic mass is 9.95. The number of amides is 3. The molecule has 2 unspecified atom stereocenters. The van der Waals surface area contributed by atoms with Crippen LogP contribution < -0.4 is 10.2 Å². The molecular weight excluding hydrogens is 462 g/mol. The molecule has 1 aromatic carbocycles. The maximum Gasteiger partial charge on any atom is 0.415 e. The van der Waals surface area contributed by atoms with Gasteiger partial charge < -0.3 is 20.1 Å². The first kappa shape index (κ1) is 22.5. The van der Waals surface area contributed by atoms with Crippen molar-refractivity contribution in [3.63, 3.8) is 0 Å². The predicted octanol–water partition coefficient (Wildman–Crippen LogP) is 0.976. The lowest BCUT2D eigenvalue weighted by Gasteiger charge is -2.22. The minimum atomic E-state index is -0.684. The summed E-state index contributed by atoms with van der Waals surface area (Å²) in [5.74, 6) is -0.392. The quantitative estimate of drug-likeness (QED) is 0.642. The monoisotopic (exact) mass is 487 g/mol. The van der Waals surface area contributed by atoms with Gasteiger partial charge >= 0.3 is 6.09 Å². The Hall–Kier alpha value is -3.97. The van der Waals surface area contributed by atoms with E-state index in [2.05, 4.69) is 22.4 Å². The maximum atomic E-state index is 12.5. The maximum absolute atomic E-state index is 12.5. The summed E-state index contributed by atoms with van der Waals surface area (Å²) in [6.07, 6.45) is 1.60. The van der Waals surface area contributed by atoms with Crippen LogP contribution in [0.1, 0.15) is 18.2 Å². The fraction of sp³-hybridized carbons (Fsp3) is 0.423. The van der Waals surface area contributed by atoms with Crippen molar-refractivity contribution in [1.82, 2.24) is 15.2 Å². The van der Waals surface area contributed by atoms with Crippen molar-refractivity contribution in [2.75, 3.05) is 31.1 Å². The van der Waals surface area contributed by atoms with Crippen molar-refractivity contribution in [1.29, 1.82) is 5.26 Å². The summed E-state index contributed by atoms with van der Waals surface area (Å²) in [4.78, 5) is 43.5. The molecule has 0 bridgehead atoms. The molecule has 0 radical (unpaired) electrons. The molecule has 184 valence electrons. The highest BCUT2D eigenvalue weighted by molar-refractivity contribution is 5.94. The van der Waals surface area contributed by atoms with Gasteiger partial charge in [0.15, 0.2) is 0 Å². The van der Waals surface area contributed by atoms with Gasteiger partial charge in [-0.2, -0.15) is 5.26 Å². The van der Waals surface area contributed by atoms with E-state index in [1.54, 1.807) is 16.0 Å². The van der Waals surface area contributed by atoms with E-state index < -0.39 is 24.2 Å². The molecule has 2 N–H and O–H groups in total. The second-order valence-electron chi connectivity index (χ2n) is 9.93. The molecule has 2 aromatic rings. The highest BCUT2D eigenvalue weighted by Crippen LogP contribution is 2.62. The third-order valence-corrected chi connectivity index (χ3v) is 8.10. The Morgan fingerprint density at radius 1 is 1.25 bits per heavy atom. The van der Waals surface area contributed by atoms with Crippen molar-refractivity contribution < 1.29 is 24.2 Å². The normalized spacial score (nSPS) is 29.2. The minimum absolute atomic E-state index is 0.0370. The van der Waals surface area contributed by atoms with Crippen LogP contribution in [0.15, 0.2) is 36.5 Å². The van der Waals surface area contributed by atoms with Gasteiger partial charge in [-0.3, -0.25) is 19.5 Å². The van der Waals surface area contributed by atoms with Crippen LogP contribution >= 0.6 is 0 Å². The average molecular weight is 488 g/mol. The molecule has 10 nitrogen and oxygen atoms in total. The number of nitriles is 1. The number of carbonyl (C=O) groups excluding carboxylic acids is 3. The third kappa shape index (κ3) is 3.19. The smallest absolute Gasteiger partial charge is 0.415 e. The van der Waals surface area contributed by atoms with Gasteiger partial charge in [-0.15, -0.1) is 0 Å². The number of piperidine rings is 1. The molecule has 0 spiro atoms. The number of hydrogen-bond acceptors (Lipinski definition) is 7. The first-order chi connectivity index (χ1) is 17.4. The fourth-order valence-electron chi connectivity index (χ4n) is 6.22. The molecule has 4 heterocycles. The molecule has 4 atom stereocenters. The van der Waals surface area contributed by atoms with Crippen LogP contribution in [0.4, 0.5) is 10.5 Å². The number of aliphatic hydroxyl groups excluding tert-OH is 1. The number of fused-ring (bicyclic) bond motifs is 4. The summed E-state index contributed by atoms with van der Waals surface area (Å²) in [6.45, 7) is 2.14. The van der Waals surface area contributed by atoms with Crippen LogP contribution in [0, 0.1) is 23.2 Å². The number of ether oxygens (including phenoxy) is 1. The third-order valence-electron chi connectivity index (χ3n) is 8.10. The van der Waals surface area contributed by atoms with Crippen molar-refractivity contribution >= 4 is 23.6 Å². The summed E-state index contributed by atoms with van der Waals surface area (Å²) < 4.78 is 5.47. The number of aliphatic hydroxyl groups is 1. The average Bonchev–Trinajstić information content (AvgIpc) is 3.26. The SMILES string of the molecule is CC(=O)NC[C@@H]1OC(=O)N2c3ccc(-c4ccc(C5(C#N)C6CN(C(=O)CO)CC65)nc4)cc3C[C@@H]12. The topological polar surface area (TPSA) is 136 Å². The van der Waals surface area contributed by atoms with Crippen LogP contribution in [-0.4, -0.2) is 71.3 Å². The van der Waals surface area contributed by atoms with E-state index in [-0.39, 0.29) is 36.2 Å².